The molecule has 3 aliphatic heterocycles. The fourth-order valence-corrected chi connectivity index (χ4v) is 5.41. The number of piperidine rings is 3. The normalized spacial score (nSPS) is 26.2. The van der Waals surface area contributed by atoms with Crippen molar-refractivity contribution in [2.45, 2.75) is 37.3 Å². The third-order valence-corrected chi connectivity index (χ3v) is 7.17. The number of hydrogen-bond donors (Lipinski definition) is 1. The van der Waals surface area contributed by atoms with Gasteiger partial charge < -0.3 is 15.5 Å². The molecule has 1 aliphatic carbocycles. The molecule has 3 heterocycles. The molecule has 6 rings (SSSR count). The monoisotopic (exact) mass is 407 g/mol. The van der Waals surface area contributed by atoms with Crippen LogP contribution in [0.2, 0.25) is 0 Å². The van der Waals surface area contributed by atoms with Gasteiger partial charge in [0.1, 0.15) is 5.82 Å². The lowest BCUT2D eigenvalue weighted by Crippen LogP contribution is -2.62. The lowest BCUT2D eigenvalue weighted by atomic mass is 9.81. The summed E-state index contributed by atoms with van der Waals surface area (Å²) in [6.07, 6.45) is 3.80. The fraction of sp³-hybridized carbons (Fsp3) is 0.417. The SMILES string of the molecule is NC(=O)C(=O)N(C1CN2CCC1CC2)C1(c2ccc(-c3ccc(F)cc3)cc2)CC1. The summed E-state index contributed by atoms with van der Waals surface area (Å²) < 4.78 is 13.2. The van der Waals surface area contributed by atoms with Crippen LogP contribution >= 0.6 is 0 Å². The van der Waals surface area contributed by atoms with E-state index in [1.807, 2.05) is 29.2 Å². The second-order valence-corrected chi connectivity index (χ2v) is 8.86. The second kappa shape index (κ2) is 7.20. The van der Waals surface area contributed by atoms with E-state index in [1.165, 1.54) is 12.1 Å². The number of nitrogens with two attached hydrogens (primary N) is 1. The van der Waals surface area contributed by atoms with Crippen LogP contribution in [0.4, 0.5) is 4.39 Å². The summed E-state index contributed by atoms with van der Waals surface area (Å²) in [5.74, 6) is -1.27. The van der Waals surface area contributed by atoms with Gasteiger partial charge in [0.15, 0.2) is 0 Å². The molecule has 5 nitrogen and oxygen atoms in total. The van der Waals surface area contributed by atoms with Gasteiger partial charge in [-0.05, 0) is 73.5 Å². The van der Waals surface area contributed by atoms with E-state index in [0.29, 0.717) is 5.92 Å². The first-order chi connectivity index (χ1) is 14.5. The highest BCUT2D eigenvalue weighted by Gasteiger charge is 2.57. The maximum atomic E-state index is 13.2. The van der Waals surface area contributed by atoms with Gasteiger partial charge in [0, 0.05) is 12.6 Å². The lowest BCUT2D eigenvalue weighted by molar-refractivity contribution is -0.152. The lowest BCUT2D eigenvalue weighted by Gasteiger charge is -2.51. The third kappa shape index (κ3) is 3.19. The van der Waals surface area contributed by atoms with E-state index in [9.17, 15) is 14.0 Å². The number of nitrogens with zero attached hydrogens (tertiary/aromatic N) is 2. The topological polar surface area (TPSA) is 66.6 Å². The smallest absolute Gasteiger partial charge is 0.312 e. The highest BCUT2D eigenvalue weighted by atomic mass is 19.1. The van der Waals surface area contributed by atoms with Crippen LogP contribution in [0.15, 0.2) is 48.5 Å². The minimum absolute atomic E-state index is 0.0341. The first-order valence-corrected chi connectivity index (χ1v) is 10.7. The minimum Gasteiger partial charge on any atom is -0.361 e. The van der Waals surface area contributed by atoms with Gasteiger partial charge in [-0.3, -0.25) is 9.59 Å². The molecule has 6 heteroatoms. The van der Waals surface area contributed by atoms with Crippen molar-refractivity contribution in [1.82, 2.24) is 9.80 Å². The Hall–Kier alpha value is -2.73. The molecule has 4 aliphatic rings. The van der Waals surface area contributed by atoms with Crippen molar-refractivity contribution in [3.8, 4) is 11.1 Å². The summed E-state index contributed by atoms with van der Waals surface area (Å²) in [7, 11) is 0. The molecular formula is C24H26FN3O2. The van der Waals surface area contributed by atoms with E-state index >= 15 is 0 Å². The molecule has 0 radical (unpaired) electrons. The summed E-state index contributed by atoms with van der Waals surface area (Å²) >= 11 is 0. The van der Waals surface area contributed by atoms with Crippen LogP contribution in [0.5, 0.6) is 0 Å². The van der Waals surface area contributed by atoms with E-state index in [1.54, 1.807) is 12.1 Å². The molecule has 30 heavy (non-hydrogen) atoms. The predicted molar refractivity (Wildman–Crippen MR) is 112 cm³/mol. The molecule has 2 N–H and O–H groups in total. The fourth-order valence-electron chi connectivity index (χ4n) is 5.41. The maximum absolute atomic E-state index is 13.2. The number of carbonyl (C=O) groups excluding carboxylic acids is 2. The number of hydrogen-bond acceptors (Lipinski definition) is 3. The molecule has 1 atom stereocenters. The van der Waals surface area contributed by atoms with E-state index in [-0.39, 0.29) is 11.9 Å². The standard InChI is InChI=1S/C24H26FN3O2/c25-20-7-3-17(4-8-20)16-1-5-19(6-2-16)24(11-12-24)28(23(30)22(26)29)21-15-27-13-9-18(21)10-14-27/h1-8,18,21H,9-15H2,(H2,26,29). The number of halogens is 1. The molecule has 2 amide bonds. The van der Waals surface area contributed by atoms with E-state index in [2.05, 4.69) is 4.90 Å². The molecule has 1 unspecified atom stereocenters. The predicted octanol–water partition coefficient (Wildman–Crippen LogP) is 2.89. The molecule has 2 aromatic rings. The Labute approximate surface area is 175 Å². The quantitative estimate of drug-likeness (QED) is 0.793. The highest BCUT2D eigenvalue weighted by Crippen LogP contribution is 2.54. The molecule has 0 aromatic heterocycles. The van der Waals surface area contributed by atoms with Crippen LogP contribution in [0.3, 0.4) is 0 Å². The van der Waals surface area contributed by atoms with E-state index < -0.39 is 17.4 Å². The Bertz CT molecular complexity index is 961. The van der Waals surface area contributed by atoms with Gasteiger partial charge in [0.05, 0.1) is 5.54 Å². The van der Waals surface area contributed by atoms with Crippen LogP contribution in [-0.2, 0) is 15.1 Å². The number of amides is 2. The van der Waals surface area contributed by atoms with Gasteiger partial charge in [-0.25, -0.2) is 4.39 Å². The van der Waals surface area contributed by atoms with Gasteiger partial charge in [0.25, 0.3) is 0 Å². The molecule has 2 bridgehead atoms. The summed E-state index contributed by atoms with van der Waals surface area (Å²) in [5, 5.41) is 0. The van der Waals surface area contributed by atoms with Crippen molar-refractivity contribution in [2.75, 3.05) is 19.6 Å². The number of carbonyl (C=O) groups is 2. The second-order valence-electron chi connectivity index (χ2n) is 8.86. The number of primary amides is 1. The van der Waals surface area contributed by atoms with Crippen LogP contribution in [0, 0.1) is 11.7 Å². The average Bonchev–Trinajstić information content (AvgIpc) is 3.57. The van der Waals surface area contributed by atoms with Crippen molar-refractivity contribution < 1.29 is 14.0 Å². The molecule has 156 valence electrons. The minimum atomic E-state index is -0.874. The molecule has 3 saturated heterocycles. The summed E-state index contributed by atoms with van der Waals surface area (Å²) in [6.45, 7) is 2.96. The van der Waals surface area contributed by atoms with Gasteiger partial charge in [-0.2, -0.15) is 0 Å². The number of fused-ring (bicyclic) bond motifs is 3. The van der Waals surface area contributed by atoms with Crippen LogP contribution in [0.25, 0.3) is 11.1 Å². The molecule has 0 spiro atoms. The molecule has 2 aromatic carbocycles. The highest BCUT2D eigenvalue weighted by molar-refractivity contribution is 6.34. The van der Waals surface area contributed by atoms with Gasteiger partial charge in [0.2, 0.25) is 0 Å². The van der Waals surface area contributed by atoms with Crippen LogP contribution in [-0.4, -0.2) is 47.3 Å². The summed E-state index contributed by atoms with van der Waals surface area (Å²) in [6, 6.07) is 14.5. The average molecular weight is 407 g/mol. The van der Waals surface area contributed by atoms with Crippen molar-refractivity contribution in [2.24, 2.45) is 11.7 Å². The van der Waals surface area contributed by atoms with Gasteiger partial charge in [-0.15, -0.1) is 0 Å². The number of rotatable bonds is 4. The van der Waals surface area contributed by atoms with E-state index in [0.717, 1.165) is 62.0 Å². The van der Waals surface area contributed by atoms with Gasteiger partial charge in [-0.1, -0.05) is 36.4 Å². The van der Waals surface area contributed by atoms with Gasteiger partial charge >= 0.3 is 11.8 Å². The first-order valence-electron chi connectivity index (χ1n) is 10.7. The third-order valence-electron chi connectivity index (χ3n) is 7.17. The zero-order valence-corrected chi connectivity index (χ0v) is 16.9. The maximum Gasteiger partial charge on any atom is 0.312 e. The van der Waals surface area contributed by atoms with Crippen molar-refractivity contribution in [1.29, 1.82) is 0 Å². The Kier molecular flexibility index (Phi) is 4.62. The largest absolute Gasteiger partial charge is 0.361 e. The Balaban J connectivity index is 1.47. The number of benzene rings is 2. The summed E-state index contributed by atoms with van der Waals surface area (Å²) in [4.78, 5) is 29.2. The molecular weight excluding hydrogens is 381 g/mol. The van der Waals surface area contributed by atoms with Crippen molar-refractivity contribution >= 4 is 11.8 Å². The zero-order valence-electron chi connectivity index (χ0n) is 16.9. The summed E-state index contributed by atoms with van der Waals surface area (Å²) in [5.41, 5.74) is 8.01. The Morgan fingerprint density at radius 1 is 0.967 bits per heavy atom. The van der Waals surface area contributed by atoms with Crippen LogP contribution < -0.4 is 5.73 Å². The Morgan fingerprint density at radius 3 is 2.00 bits per heavy atom. The van der Waals surface area contributed by atoms with Crippen LogP contribution in [0.1, 0.15) is 31.2 Å². The molecule has 1 saturated carbocycles. The van der Waals surface area contributed by atoms with Crippen molar-refractivity contribution in [3.05, 3.63) is 59.9 Å². The molecule has 4 fully saturated rings. The van der Waals surface area contributed by atoms with E-state index in [4.69, 9.17) is 5.73 Å². The Morgan fingerprint density at radius 2 is 1.53 bits per heavy atom. The zero-order chi connectivity index (χ0) is 20.9. The van der Waals surface area contributed by atoms with Crippen molar-refractivity contribution in [3.63, 3.8) is 0 Å². The first kappa shape index (κ1) is 19.2.